The molecule has 0 atom stereocenters. The maximum atomic E-state index is 12.5. The molecule has 0 aliphatic carbocycles. The molecule has 4 nitrogen and oxygen atoms in total. The van der Waals surface area contributed by atoms with E-state index in [0.717, 1.165) is 19.3 Å². The van der Waals surface area contributed by atoms with Crippen LogP contribution in [0, 0.1) is 0 Å². The summed E-state index contributed by atoms with van der Waals surface area (Å²) in [6, 6.07) is 13.4. The smallest absolute Gasteiger partial charge is 0.224 e. The first-order valence-electron chi connectivity index (χ1n) is 9.34. The minimum Gasteiger partial charge on any atom is -0.507 e. The highest BCUT2D eigenvalue weighted by molar-refractivity contribution is 6.11. The molecule has 0 unspecified atom stereocenters. The number of hydrogen-bond acceptors (Lipinski definition) is 3. The predicted octanol–water partition coefficient (Wildman–Crippen LogP) is 5.31. The summed E-state index contributed by atoms with van der Waals surface area (Å²) in [6.45, 7) is 2.18. The van der Waals surface area contributed by atoms with Gasteiger partial charge in [0.05, 0.1) is 5.56 Å². The summed E-state index contributed by atoms with van der Waals surface area (Å²) in [5, 5.41) is 12.8. The van der Waals surface area contributed by atoms with Crippen molar-refractivity contribution in [3.05, 3.63) is 59.7 Å². The fourth-order valence-electron chi connectivity index (χ4n) is 2.83. The van der Waals surface area contributed by atoms with Crippen LogP contribution in [0.4, 0.5) is 5.69 Å². The third kappa shape index (κ3) is 6.03. The molecule has 2 N–H and O–H groups in total. The van der Waals surface area contributed by atoms with Gasteiger partial charge < -0.3 is 10.4 Å². The molecule has 0 fully saturated rings. The summed E-state index contributed by atoms with van der Waals surface area (Å²) in [7, 11) is 0. The van der Waals surface area contributed by atoms with Crippen molar-refractivity contribution in [3.8, 4) is 5.75 Å². The van der Waals surface area contributed by atoms with Gasteiger partial charge in [-0.25, -0.2) is 0 Å². The molecule has 0 saturated heterocycles. The lowest BCUT2D eigenvalue weighted by atomic mass is 10.0. The van der Waals surface area contributed by atoms with Crippen LogP contribution >= 0.6 is 0 Å². The van der Waals surface area contributed by atoms with Gasteiger partial charge >= 0.3 is 0 Å². The summed E-state index contributed by atoms with van der Waals surface area (Å²) >= 11 is 0. The highest BCUT2D eigenvalue weighted by atomic mass is 16.3. The molecule has 0 saturated carbocycles. The summed E-state index contributed by atoms with van der Waals surface area (Å²) in [5.41, 5.74) is 1.21. The molecular formula is C22H27NO3. The lowest BCUT2D eigenvalue weighted by molar-refractivity contribution is -0.116. The van der Waals surface area contributed by atoms with E-state index in [1.165, 1.54) is 31.4 Å². The second kappa shape index (κ2) is 10.4. The van der Waals surface area contributed by atoms with Crippen molar-refractivity contribution in [2.45, 2.75) is 51.9 Å². The normalized spacial score (nSPS) is 10.5. The van der Waals surface area contributed by atoms with E-state index in [-0.39, 0.29) is 23.0 Å². The average molecular weight is 353 g/mol. The Kier molecular flexibility index (Phi) is 7.87. The van der Waals surface area contributed by atoms with Crippen molar-refractivity contribution in [3.63, 3.8) is 0 Å². The molecule has 2 aromatic rings. The number of aromatic hydroxyl groups is 1. The number of phenolic OH excluding ortho intramolecular Hbond substituents is 1. The predicted molar refractivity (Wildman–Crippen MR) is 105 cm³/mol. The Labute approximate surface area is 155 Å². The zero-order chi connectivity index (χ0) is 18.8. The third-order valence-corrected chi connectivity index (χ3v) is 4.32. The number of amides is 1. The van der Waals surface area contributed by atoms with Crippen molar-refractivity contribution < 1.29 is 14.7 Å². The first-order chi connectivity index (χ1) is 12.6. The molecule has 138 valence electrons. The van der Waals surface area contributed by atoms with Gasteiger partial charge in [-0.05, 0) is 24.6 Å². The van der Waals surface area contributed by atoms with E-state index in [0.29, 0.717) is 17.7 Å². The minimum atomic E-state index is -0.268. The summed E-state index contributed by atoms with van der Waals surface area (Å²) in [6.07, 6.45) is 7.24. The number of hydrogen-bond donors (Lipinski definition) is 2. The molecule has 0 radical (unpaired) electrons. The largest absolute Gasteiger partial charge is 0.507 e. The number of anilines is 1. The Hall–Kier alpha value is -2.62. The molecule has 2 aromatic carbocycles. The van der Waals surface area contributed by atoms with Crippen molar-refractivity contribution in [1.82, 2.24) is 0 Å². The van der Waals surface area contributed by atoms with Crippen LogP contribution in [0.1, 0.15) is 67.8 Å². The van der Waals surface area contributed by atoms with Crippen LogP contribution in [-0.2, 0) is 4.79 Å². The molecule has 1 amide bonds. The van der Waals surface area contributed by atoms with E-state index in [1.807, 2.05) is 6.07 Å². The maximum Gasteiger partial charge on any atom is 0.224 e. The molecule has 0 aromatic heterocycles. The number of carbonyl (C=O) groups excluding carboxylic acids is 2. The fraction of sp³-hybridized carbons (Fsp3) is 0.364. The highest BCUT2D eigenvalue weighted by Gasteiger charge is 2.14. The summed E-state index contributed by atoms with van der Waals surface area (Å²) in [4.78, 5) is 24.6. The molecule has 0 bridgehead atoms. The molecule has 26 heavy (non-hydrogen) atoms. The Balaban J connectivity index is 1.92. The van der Waals surface area contributed by atoms with Crippen molar-refractivity contribution in [2.75, 3.05) is 5.32 Å². The number of phenols is 1. The minimum absolute atomic E-state index is 0.0655. The van der Waals surface area contributed by atoms with Gasteiger partial charge in [0.1, 0.15) is 5.75 Å². The van der Waals surface area contributed by atoms with E-state index < -0.39 is 0 Å². The van der Waals surface area contributed by atoms with Gasteiger partial charge in [-0.2, -0.15) is 0 Å². The molecule has 0 aliphatic rings. The number of rotatable bonds is 10. The van der Waals surface area contributed by atoms with Crippen molar-refractivity contribution >= 4 is 17.4 Å². The molecule has 0 spiro atoms. The van der Waals surface area contributed by atoms with E-state index in [4.69, 9.17) is 0 Å². The maximum absolute atomic E-state index is 12.5. The van der Waals surface area contributed by atoms with Gasteiger partial charge in [-0.15, -0.1) is 0 Å². The van der Waals surface area contributed by atoms with E-state index in [2.05, 4.69) is 12.2 Å². The van der Waals surface area contributed by atoms with Gasteiger partial charge in [-0.3, -0.25) is 9.59 Å². The second-order valence-corrected chi connectivity index (χ2v) is 6.49. The topological polar surface area (TPSA) is 66.4 Å². The Morgan fingerprint density at radius 1 is 0.923 bits per heavy atom. The van der Waals surface area contributed by atoms with Crippen molar-refractivity contribution in [1.29, 1.82) is 0 Å². The van der Waals surface area contributed by atoms with Crippen LogP contribution in [0.25, 0.3) is 0 Å². The summed E-state index contributed by atoms with van der Waals surface area (Å²) in [5.74, 6) is -0.424. The molecule has 4 heteroatoms. The summed E-state index contributed by atoms with van der Waals surface area (Å²) < 4.78 is 0. The number of benzene rings is 2. The quantitative estimate of drug-likeness (QED) is 0.345. The van der Waals surface area contributed by atoms with Gasteiger partial charge in [0.2, 0.25) is 5.91 Å². The second-order valence-electron chi connectivity index (χ2n) is 6.49. The Morgan fingerprint density at radius 3 is 2.35 bits per heavy atom. The van der Waals surface area contributed by atoms with Gasteiger partial charge in [0, 0.05) is 17.7 Å². The highest BCUT2D eigenvalue weighted by Crippen LogP contribution is 2.24. The zero-order valence-corrected chi connectivity index (χ0v) is 15.3. The zero-order valence-electron chi connectivity index (χ0n) is 15.3. The van der Waals surface area contributed by atoms with Crippen LogP contribution in [0.5, 0.6) is 5.75 Å². The third-order valence-electron chi connectivity index (χ3n) is 4.32. The first-order valence-corrected chi connectivity index (χ1v) is 9.34. The number of unbranched alkanes of at least 4 members (excludes halogenated alkanes) is 5. The molecule has 2 rings (SSSR count). The van der Waals surface area contributed by atoms with Crippen LogP contribution in [0.3, 0.4) is 0 Å². The molecular weight excluding hydrogens is 326 g/mol. The van der Waals surface area contributed by atoms with Crippen LogP contribution in [0.2, 0.25) is 0 Å². The van der Waals surface area contributed by atoms with Crippen LogP contribution < -0.4 is 5.32 Å². The van der Waals surface area contributed by atoms with Crippen molar-refractivity contribution in [2.24, 2.45) is 0 Å². The number of nitrogens with one attached hydrogen (secondary N) is 1. The SMILES string of the molecule is CCCCCCCCC(=O)Nc1ccc(O)c(C(=O)c2ccccc2)c1. The Bertz CT molecular complexity index is 725. The van der Waals surface area contributed by atoms with Gasteiger partial charge in [-0.1, -0.05) is 69.4 Å². The monoisotopic (exact) mass is 353 g/mol. The molecule has 0 heterocycles. The van der Waals surface area contributed by atoms with E-state index in [9.17, 15) is 14.7 Å². The van der Waals surface area contributed by atoms with Gasteiger partial charge in [0.25, 0.3) is 0 Å². The Morgan fingerprint density at radius 2 is 1.62 bits per heavy atom. The number of carbonyl (C=O) groups is 2. The van der Waals surface area contributed by atoms with Crippen LogP contribution in [-0.4, -0.2) is 16.8 Å². The molecule has 0 aliphatic heterocycles. The fourth-order valence-corrected chi connectivity index (χ4v) is 2.83. The average Bonchev–Trinajstić information content (AvgIpc) is 2.66. The van der Waals surface area contributed by atoms with Gasteiger partial charge in [0.15, 0.2) is 5.78 Å². The lowest BCUT2D eigenvalue weighted by Gasteiger charge is -2.09. The lowest BCUT2D eigenvalue weighted by Crippen LogP contribution is -2.12. The first kappa shape index (κ1) is 19.7. The van der Waals surface area contributed by atoms with Crippen LogP contribution in [0.15, 0.2) is 48.5 Å². The van der Waals surface area contributed by atoms with E-state index in [1.54, 1.807) is 30.3 Å². The van der Waals surface area contributed by atoms with E-state index >= 15 is 0 Å². The standard InChI is InChI=1S/C22H27NO3/c1-2-3-4-5-6-10-13-21(25)23-18-14-15-20(24)19(16-18)22(26)17-11-8-7-9-12-17/h7-9,11-12,14-16,24H,2-6,10,13H2,1H3,(H,23,25). The number of ketones is 1.